The largest absolute Gasteiger partial charge is 0.508 e. The van der Waals surface area contributed by atoms with Crippen LogP contribution in [0.4, 0.5) is 0 Å². The van der Waals surface area contributed by atoms with Crippen molar-refractivity contribution in [1.82, 2.24) is 4.90 Å². The van der Waals surface area contributed by atoms with Gasteiger partial charge in [0.25, 0.3) is 0 Å². The van der Waals surface area contributed by atoms with Crippen LogP contribution >= 0.6 is 11.8 Å². The van der Waals surface area contributed by atoms with Gasteiger partial charge in [-0.25, -0.2) is 0 Å². The lowest BCUT2D eigenvalue weighted by atomic mass is 10.0. The average molecular weight is 247 g/mol. The molecular weight excluding hydrogens is 230 g/mol. The summed E-state index contributed by atoms with van der Waals surface area (Å²) in [6.07, 6.45) is 7.16. The maximum atomic E-state index is 9.27. The van der Waals surface area contributed by atoms with Crippen LogP contribution in [-0.2, 0) is 0 Å². The number of nitrogens with zero attached hydrogens (tertiary/aromatic N) is 1. The minimum absolute atomic E-state index is 0.347. The maximum absolute atomic E-state index is 9.27. The van der Waals surface area contributed by atoms with E-state index in [2.05, 4.69) is 24.1 Å². The van der Waals surface area contributed by atoms with E-state index in [9.17, 15) is 5.11 Å². The third-order valence-electron chi connectivity index (χ3n) is 3.75. The van der Waals surface area contributed by atoms with Gasteiger partial charge in [-0.3, -0.25) is 4.90 Å². The zero-order valence-electron chi connectivity index (χ0n) is 9.91. The smallest absolute Gasteiger partial charge is 0.115 e. The Hall–Kier alpha value is -0.930. The molecule has 3 rings (SSSR count). The Bertz CT molecular complexity index is 412. The second kappa shape index (κ2) is 4.39. The number of hydrogen-bond acceptors (Lipinski definition) is 3. The van der Waals surface area contributed by atoms with Crippen LogP contribution in [-0.4, -0.2) is 34.4 Å². The summed E-state index contributed by atoms with van der Waals surface area (Å²) in [5.74, 6) is 0.347. The van der Waals surface area contributed by atoms with E-state index in [-0.39, 0.29) is 0 Å². The molecule has 0 radical (unpaired) electrons. The van der Waals surface area contributed by atoms with Crippen LogP contribution in [0.3, 0.4) is 0 Å². The molecule has 3 heteroatoms. The summed E-state index contributed by atoms with van der Waals surface area (Å²) >= 11 is 1.94. The van der Waals surface area contributed by atoms with Crippen molar-refractivity contribution in [1.29, 1.82) is 0 Å². The first kappa shape index (κ1) is 11.2. The number of phenolic OH excluding ortho intramolecular Hbond substituents is 1. The summed E-state index contributed by atoms with van der Waals surface area (Å²) in [5, 5.41) is 9.96. The third kappa shape index (κ3) is 2.22. The van der Waals surface area contributed by atoms with E-state index in [1.54, 1.807) is 12.1 Å². The Morgan fingerprint density at radius 2 is 1.71 bits per heavy atom. The highest BCUT2D eigenvalue weighted by atomic mass is 32.2. The molecule has 2 aliphatic heterocycles. The van der Waals surface area contributed by atoms with Crippen LogP contribution in [0.2, 0.25) is 0 Å². The van der Waals surface area contributed by atoms with Crippen LogP contribution in [0.15, 0.2) is 41.3 Å². The van der Waals surface area contributed by atoms with Gasteiger partial charge in [0, 0.05) is 22.2 Å². The lowest BCUT2D eigenvalue weighted by Crippen LogP contribution is -2.41. The molecule has 1 saturated heterocycles. The summed E-state index contributed by atoms with van der Waals surface area (Å²) in [7, 11) is 2.22. The third-order valence-corrected chi connectivity index (χ3v) is 5.01. The Kier molecular flexibility index (Phi) is 2.89. The predicted molar refractivity (Wildman–Crippen MR) is 71.5 cm³/mol. The number of aromatic hydroxyl groups is 1. The second-order valence-electron chi connectivity index (χ2n) is 4.89. The van der Waals surface area contributed by atoms with Crippen LogP contribution in [0.25, 0.3) is 0 Å². The minimum Gasteiger partial charge on any atom is -0.508 e. The quantitative estimate of drug-likeness (QED) is 0.813. The predicted octanol–water partition coefficient (Wildman–Crippen LogP) is 2.89. The van der Waals surface area contributed by atoms with Crippen molar-refractivity contribution in [2.24, 2.45) is 0 Å². The number of likely N-dealkylation sites (N-methyl/N-ethyl adjacent to an activating group) is 1. The van der Waals surface area contributed by atoms with Gasteiger partial charge in [0.05, 0.1) is 0 Å². The first-order chi connectivity index (χ1) is 8.22. The van der Waals surface area contributed by atoms with Crippen molar-refractivity contribution < 1.29 is 5.11 Å². The number of thioether (sulfide) groups is 1. The molecule has 2 aliphatic rings. The van der Waals surface area contributed by atoms with Crippen LogP contribution in [0.5, 0.6) is 5.75 Å². The molecule has 1 N–H and O–H groups in total. The molecule has 1 aromatic rings. The van der Waals surface area contributed by atoms with Gasteiger partial charge >= 0.3 is 0 Å². The molecule has 0 saturated carbocycles. The number of benzene rings is 1. The highest BCUT2D eigenvalue weighted by Gasteiger charge is 2.34. The highest BCUT2D eigenvalue weighted by Crippen LogP contribution is 2.38. The minimum atomic E-state index is 0.347. The van der Waals surface area contributed by atoms with E-state index in [0.717, 1.165) is 0 Å². The zero-order valence-corrected chi connectivity index (χ0v) is 10.7. The van der Waals surface area contributed by atoms with Gasteiger partial charge in [0.15, 0.2) is 0 Å². The molecule has 3 atom stereocenters. The number of piperidine rings is 1. The Labute approximate surface area is 106 Å². The van der Waals surface area contributed by atoms with Crippen molar-refractivity contribution in [2.45, 2.75) is 35.1 Å². The second-order valence-corrected chi connectivity index (χ2v) is 6.26. The van der Waals surface area contributed by atoms with Gasteiger partial charge in [0.1, 0.15) is 5.75 Å². The number of phenols is 1. The van der Waals surface area contributed by atoms with Gasteiger partial charge in [-0.2, -0.15) is 0 Å². The number of rotatable bonds is 2. The molecule has 17 heavy (non-hydrogen) atoms. The van der Waals surface area contributed by atoms with Gasteiger partial charge in [-0.05, 0) is 44.2 Å². The summed E-state index contributed by atoms with van der Waals surface area (Å²) in [5.41, 5.74) is 0. The molecule has 0 amide bonds. The topological polar surface area (TPSA) is 23.5 Å². The van der Waals surface area contributed by atoms with Gasteiger partial charge < -0.3 is 5.11 Å². The average Bonchev–Trinajstić information content (AvgIpc) is 2.55. The van der Waals surface area contributed by atoms with Crippen molar-refractivity contribution >= 4 is 11.8 Å². The van der Waals surface area contributed by atoms with Gasteiger partial charge in [0.2, 0.25) is 0 Å². The summed E-state index contributed by atoms with van der Waals surface area (Å²) in [6, 6.07) is 8.81. The van der Waals surface area contributed by atoms with Crippen LogP contribution in [0.1, 0.15) is 12.8 Å². The van der Waals surface area contributed by atoms with E-state index in [4.69, 9.17) is 0 Å². The summed E-state index contributed by atoms with van der Waals surface area (Å²) < 4.78 is 0. The van der Waals surface area contributed by atoms with E-state index in [0.29, 0.717) is 23.1 Å². The molecule has 1 aromatic carbocycles. The van der Waals surface area contributed by atoms with E-state index in [1.807, 2.05) is 23.9 Å². The lowest BCUT2D eigenvalue weighted by molar-refractivity contribution is 0.200. The molecule has 0 spiro atoms. The van der Waals surface area contributed by atoms with Crippen molar-refractivity contribution in [2.75, 3.05) is 7.05 Å². The summed E-state index contributed by atoms with van der Waals surface area (Å²) in [4.78, 5) is 3.73. The monoisotopic (exact) mass is 247 g/mol. The van der Waals surface area contributed by atoms with Crippen LogP contribution in [0, 0.1) is 0 Å². The fourth-order valence-corrected chi connectivity index (χ4v) is 3.98. The van der Waals surface area contributed by atoms with Crippen molar-refractivity contribution in [3.63, 3.8) is 0 Å². The molecule has 2 heterocycles. The lowest BCUT2D eigenvalue weighted by Gasteiger charge is -2.36. The Balaban J connectivity index is 1.66. The zero-order chi connectivity index (χ0) is 11.8. The molecule has 2 nitrogen and oxygen atoms in total. The molecular formula is C14H17NOS. The molecule has 0 aliphatic carbocycles. The van der Waals surface area contributed by atoms with E-state index >= 15 is 0 Å². The normalized spacial score (nSPS) is 31.9. The number of hydrogen-bond donors (Lipinski definition) is 1. The Morgan fingerprint density at radius 1 is 1.12 bits per heavy atom. The van der Waals surface area contributed by atoms with Crippen molar-refractivity contribution in [3.05, 3.63) is 36.4 Å². The first-order valence-corrected chi connectivity index (χ1v) is 6.96. The number of fused-ring (bicyclic) bond motifs is 2. The highest BCUT2D eigenvalue weighted by molar-refractivity contribution is 8.00. The first-order valence-electron chi connectivity index (χ1n) is 6.08. The molecule has 2 bridgehead atoms. The molecule has 90 valence electrons. The Morgan fingerprint density at radius 3 is 2.29 bits per heavy atom. The van der Waals surface area contributed by atoms with Crippen molar-refractivity contribution in [3.8, 4) is 5.75 Å². The van der Waals surface area contributed by atoms with Gasteiger partial charge in [-0.1, -0.05) is 12.2 Å². The molecule has 0 aromatic heterocycles. The van der Waals surface area contributed by atoms with Crippen LogP contribution < -0.4 is 0 Å². The fourth-order valence-electron chi connectivity index (χ4n) is 2.71. The maximum Gasteiger partial charge on any atom is 0.115 e. The van der Waals surface area contributed by atoms with E-state index in [1.165, 1.54) is 17.7 Å². The molecule has 1 fully saturated rings. The molecule has 1 unspecified atom stereocenters. The summed E-state index contributed by atoms with van der Waals surface area (Å²) in [6.45, 7) is 0. The fraction of sp³-hybridized carbons (Fsp3) is 0.429. The van der Waals surface area contributed by atoms with Gasteiger partial charge in [-0.15, -0.1) is 11.8 Å². The van der Waals surface area contributed by atoms with E-state index < -0.39 is 0 Å². The standard InChI is InChI=1S/C14H17NOS/c1-15-10-2-3-11(15)9-14(8-10)17-13-6-4-12(16)5-7-13/h2-7,10-11,14,16H,8-9H2,1H3/t10-,11+,14?. The SMILES string of the molecule is CN1[C@@H]2C=C[C@H]1CC(Sc1ccc(O)cc1)C2.